The summed E-state index contributed by atoms with van der Waals surface area (Å²) in [6, 6.07) is 11.0. The average Bonchev–Trinajstić information content (AvgIpc) is 2.91. The fourth-order valence-corrected chi connectivity index (χ4v) is 2.03. The highest BCUT2D eigenvalue weighted by atomic mass is 35.5. The van der Waals surface area contributed by atoms with Crippen molar-refractivity contribution < 1.29 is 4.79 Å². The SMILES string of the molecule is O=C(CNc1ccc(Cl)cc1)N/N=C\c1cccs1. The third-order valence-electron chi connectivity index (χ3n) is 2.22. The minimum absolute atomic E-state index is 0.156. The fourth-order valence-electron chi connectivity index (χ4n) is 1.32. The maximum absolute atomic E-state index is 11.5. The van der Waals surface area contributed by atoms with Gasteiger partial charge >= 0.3 is 0 Å². The number of rotatable bonds is 5. The van der Waals surface area contributed by atoms with Gasteiger partial charge in [0.25, 0.3) is 5.91 Å². The molecule has 0 bridgehead atoms. The van der Waals surface area contributed by atoms with E-state index >= 15 is 0 Å². The van der Waals surface area contributed by atoms with Crippen LogP contribution in [0.1, 0.15) is 4.88 Å². The van der Waals surface area contributed by atoms with Gasteiger partial charge in [-0.15, -0.1) is 11.3 Å². The minimum atomic E-state index is -0.206. The van der Waals surface area contributed by atoms with Crippen molar-refractivity contribution in [1.29, 1.82) is 0 Å². The molecule has 4 nitrogen and oxygen atoms in total. The molecule has 0 spiro atoms. The van der Waals surface area contributed by atoms with E-state index in [1.54, 1.807) is 29.7 Å². The Kier molecular flexibility index (Phi) is 4.94. The molecule has 0 aliphatic rings. The second-order valence-corrected chi connectivity index (χ2v) is 5.08. The predicted molar refractivity (Wildman–Crippen MR) is 80.0 cm³/mol. The van der Waals surface area contributed by atoms with Crippen molar-refractivity contribution in [2.45, 2.75) is 0 Å². The first-order valence-electron chi connectivity index (χ1n) is 5.59. The van der Waals surface area contributed by atoms with E-state index in [0.717, 1.165) is 10.6 Å². The van der Waals surface area contributed by atoms with Crippen LogP contribution in [-0.2, 0) is 4.79 Å². The van der Waals surface area contributed by atoms with E-state index < -0.39 is 0 Å². The lowest BCUT2D eigenvalue weighted by molar-refractivity contribution is -0.119. The molecule has 6 heteroatoms. The molecule has 0 aliphatic heterocycles. The standard InChI is InChI=1S/C13H12ClN3OS/c14-10-3-5-11(6-4-10)15-9-13(18)17-16-8-12-2-1-7-19-12/h1-8,15H,9H2,(H,17,18)/b16-8-. The Bertz CT molecular complexity index is 552. The van der Waals surface area contributed by atoms with E-state index in [9.17, 15) is 4.79 Å². The summed E-state index contributed by atoms with van der Waals surface area (Å²) in [6.45, 7) is 0.156. The van der Waals surface area contributed by atoms with Gasteiger partial charge in [-0.1, -0.05) is 17.7 Å². The van der Waals surface area contributed by atoms with Crippen molar-refractivity contribution in [1.82, 2.24) is 5.43 Å². The highest BCUT2D eigenvalue weighted by molar-refractivity contribution is 7.11. The fraction of sp³-hybridized carbons (Fsp3) is 0.0769. The van der Waals surface area contributed by atoms with Gasteiger partial charge < -0.3 is 5.32 Å². The first-order valence-corrected chi connectivity index (χ1v) is 6.84. The third kappa shape index (κ3) is 4.73. The van der Waals surface area contributed by atoms with Crippen LogP contribution in [0.2, 0.25) is 5.02 Å². The van der Waals surface area contributed by atoms with Crippen molar-refractivity contribution in [2.75, 3.05) is 11.9 Å². The van der Waals surface area contributed by atoms with Gasteiger partial charge in [0, 0.05) is 15.6 Å². The number of anilines is 1. The Morgan fingerprint density at radius 2 is 2.11 bits per heavy atom. The van der Waals surface area contributed by atoms with Gasteiger partial charge in [-0.3, -0.25) is 4.79 Å². The predicted octanol–water partition coefficient (Wildman–Crippen LogP) is 2.96. The smallest absolute Gasteiger partial charge is 0.259 e. The van der Waals surface area contributed by atoms with Crippen LogP contribution in [-0.4, -0.2) is 18.7 Å². The molecule has 98 valence electrons. The van der Waals surface area contributed by atoms with Crippen molar-refractivity contribution in [3.8, 4) is 0 Å². The maximum Gasteiger partial charge on any atom is 0.259 e. The number of nitrogens with one attached hydrogen (secondary N) is 2. The van der Waals surface area contributed by atoms with Gasteiger partial charge in [-0.25, -0.2) is 5.43 Å². The molecule has 0 radical (unpaired) electrons. The van der Waals surface area contributed by atoms with Gasteiger partial charge in [0.05, 0.1) is 12.8 Å². The number of amides is 1. The van der Waals surface area contributed by atoms with Crippen LogP contribution in [0, 0.1) is 0 Å². The summed E-state index contributed by atoms with van der Waals surface area (Å²) >= 11 is 7.32. The van der Waals surface area contributed by atoms with Crippen LogP contribution in [0.25, 0.3) is 0 Å². The highest BCUT2D eigenvalue weighted by Gasteiger charge is 1.99. The van der Waals surface area contributed by atoms with Gasteiger partial charge in [-0.2, -0.15) is 5.10 Å². The van der Waals surface area contributed by atoms with Crippen molar-refractivity contribution in [2.24, 2.45) is 5.10 Å². The third-order valence-corrected chi connectivity index (χ3v) is 3.28. The molecular weight excluding hydrogens is 282 g/mol. The molecule has 0 saturated heterocycles. The number of carbonyl (C=O) groups excluding carboxylic acids is 1. The average molecular weight is 294 g/mol. The Hall–Kier alpha value is -1.85. The molecule has 0 unspecified atom stereocenters. The molecule has 19 heavy (non-hydrogen) atoms. The van der Waals surface area contributed by atoms with Crippen LogP contribution in [0.5, 0.6) is 0 Å². The van der Waals surface area contributed by atoms with Gasteiger partial charge in [0.15, 0.2) is 0 Å². The summed E-state index contributed by atoms with van der Waals surface area (Å²) < 4.78 is 0. The second kappa shape index (κ2) is 6.92. The number of thiophene rings is 1. The molecule has 1 aromatic carbocycles. The number of carbonyl (C=O) groups is 1. The van der Waals surface area contributed by atoms with E-state index in [1.165, 1.54) is 0 Å². The quantitative estimate of drug-likeness (QED) is 0.658. The number of hydrogen-bond acceptors (Lipinski definition) is 4. The number of nitrogens with zero attached hydrogens (tertiary/aromatic N) is 1. The molecular formula is C13H12ClN3OS. The molecule has 1 heterocycles. The summed E-state index contributed by atoms with van der Waals surface area (Å²) in [5, 5.41) is 9.45. The topological polar surface area (TPSA) is 53.5 Å². The largest absolute Gasteiger partial charge is 0.376 e. The normalized spacial score (nSPS) is 10.6. The Labute approximate surface area is 120 Å². The zero-order chi connectivity index (χ0) is 13.5. The molecule has 1 amide bonds. The number of benzene rings is 1. The molecule has 0 fully saturated rings. The summed E-state index contributed by atoms with van der Waals surface area (Å²) in [5.41, 5.74) is 3.29. The second-order valence-electron chi connectivity index (χ2n) is 3.67. The first kappa shape index (κ1) is 13.6. The molecule has 0 saturated carbocycles. The Balaban J connectivity index is 1.74. The molecule has 0 atom stereocenters. The van der Waals surface area contributed by atoms with Gasteiger partial charge in [-0.05, 0) is 35.7 Å². The van der Waals surface area contributed by atoms with E-state index in [-0.39, 0.29) is 12.5 Å². The van der Waals surface area contributed by atoms with E-state index in [4.69, 9.17) is 11.6 Å². The van der Waals surface area contributed by atoms with Crippen molar-refractivity contribution in [3.63, 3.8) is 0 Å². The molecule has 2 N–H and O–H groups in total. The molecule has 2 aromatic rings. The van der Waals surface area contributed by atoms with E-state index in [0.29, 0.717) is 5.02 Å². The van der Waals surface area contributed by atoms with E-state index in [1.807, 2.05) is 29.6 Å². The van der Waals surface area contributed by atoms with Gasteiger partial charge in [0.2, 0.25) is 0 Å². The number of hydrogen-bond donors (Lipinski definition) is 2. The molecule has 2 rings (SSSR count). The summed E-state index contributed by atoms with van der Waals surface area (Å²) in [5.74, 6) is -0.206. The Morgan fingerprint density at radius 1 is 1.32 bits per heavy atom. The van der Waals surface area contributed by atoms with Crippen LogP contribution in [0.3, 0.4) is 0 Å². The van der Waals surface area contributed by atoms with Crippen molar-refractivity contribution >= 4 is 40.7 Å². The van der Waals surface area contributed by atoms with E-state index in [2.05, 4.69) is 15.8 Å². The summed E-state index contributed by atoms with van der Waals surface area (Å²) in [4.78, 5) is 12.5. The first-order chi connectivity index (χ1) is 9.24. The summed E-state index contributed by atoms with van der Waals surface area (Å²) in [6.07, 6.45) is 1.62. The van der Waals surface area contributed by atoms with Crippen molar-refractivity contribution in [3.05, 3.63) is 51.7 Å². The molecule has 1 aromatic heterocycles. The summed E-state index contributed by atoms with van der Waals surface area (Å²) in [7, 11) is 0. The van der Waals surface area contributed by atoms with Crippen LogP contribution in [0.15, 0.2) is 46.9 Å². The van der Waals surface area contributed by atoms with Crippen LogP contribution < -0.4 is 10.7 Å². The molecule has 0 aliphatic carbocycles. The monoisotopic (exact) mass is 293 g/mol. The lowest BCUT2D eigenvalue weighted by Gasteiger charge is -2.04. The zero-order valence-corrected chi connectivity index (χ0v) is 11.5. The van der Waals surface area contributed by atoms with Gasteiger partial charge in [0.1, 0.15) is 0 Å². The lowest BCUT2D eigenvalue weighted by atomic mass is 10.3. The number of halogens is 1. The zero-order valence-electron chi connectivity index (χ0n) is 9.97. The van der Waals surface area contributed by atoms with Crippen LogP contribution >= 0.6 is 22.9 Å². The minimum Gasteiger partial charge on any atom is -0.376 e. The Morgan fingerprint density at radius 3 is 2.79 bits per heavy atom. The highest BCUT2D eigenvalue weighted by Crippen LogP contribution is 2.12. The number of hydrazone groups is 1. The maximum atomic E-state index is 11.5. The van der Waals surface area contributed by atoms with Crippen LogP contribution in [0.4, 0.5) is 5.69 Å². The lowest BCUT2D eigenvalue weighted by Crippen LogP contribution is -2.25.